The summed E-state index contributed by atoms with van der Waals surface area (Å²) in [5.74, 6) is 0. The first-order valence-corrected chi connectivity index (χ1v) is 3.54. The Kier molecular flexibility index (Phi) is 2.51. The Morgan fingerprint density at radius 3 is 2.70 bits per heavy atom. The van der Waals surface area contributed by atoms with Crippen LogP contribution < -0.4 is 5.32 Å². The van der Waals surface area contributed by atoms with Crippen molar-refractivity contribution in [2.24, 2.45) is 0 Å². The largest absolute Gasteiger partial charge is 0.479 e. The smallest absolute Gasteiger partial charge is 0.169 e. The highest BCUT2D eigenvalue weighted by atomic mass is 16.5. The van der Waals surface area contributed by atoms with Crippen LogP contribution in [0.15, 0.2) is 24.5 Å². The van der Waals surface area contributed by atoms with Crippen molar-refractivity contribution >= 4 is 0 Å². The summed E-state index contributed by atoms with van der Waals surface area (Å²) in [6, 6.07) is 0.459. The molecule has 0 aromatic heterocycles. The maximum Gasteiger partial charge on any atom is 0.169 e. The third-order valence-corrected chi connectivity index (χ3v) is 1.20. The molecule has 10 heavy (non-hydrogen) atoms. The number of ether oxygens (including phenoxy) is 1. The Morgan fingerprint density at radius 2 is 2.20 bits per heavy atom. The fourth-order valence-corrected chi connectivity index (χ4v) is 0.809. The molecule has 0 aromatic rings. The molecule has 0 saturated carbocycles. The molecular formula is C8H13NO. The standard InChI is InChI=1S/C8H13NO/c1-7(2)9-8-5-3-4-6-10-8/h3-9H,1-2H3. The molecule has 1 aliphatic rings. The number of allylic oxidation sites excluding steroid dienone is 2. The first kappa shape index (κ1) is 7.35. The summed E-state index contributed by atoms with van der Waals surface area (Å²) in [6.07, 6.45) is 7.59. The summed E-state index contributed by atoms with van der Waals surface area (Å²) < 4.78 is 5.21. The van der Waals surface area contributed by atoms with E-state index >= 15 is 0 Å². The zero-order valence-corrected chi connectivity index (χ0v) is 6.37. The second-order valence-electron chi connectivity index (χ2n) is 2.59. The average molecular weight is 139 g/mol. The highest BCUT2D eigenvalue weighted by molar-refractivity contribution is 5.06. The second-order valence-corrected chi connectivity index (χ2v) is 2.59. The molecule has 1 rings (SSSR count). The summed E-state index contributed by atoms with van der Waals surface area (Å²) in [7, 11) is 0. The van der Waals surface area contributed by atoms with Crippen molar-refractivity contribution in [1.29, 1.82) is 0 Å². The molecule has 1 atom stereocenters. The zero-order valence-electron chi connectivity index (χ0n) is 6.37. The van der Waals surface area contributed by atoms with Crippen molar-refractivity contribution in [3.8, 4) is 0 Å². The van der Waals surface area contributed by atoms with E-state index in [1.165, 1.54) is 0 Å². The van der Waals surface area contributed by atoms with E-state index in [0.717, 1.165) is 0 Å². The van der Waals surface area contributed by atoms with E-state index in [9.17, 15) is 0 Å². The molecule has 1 heterocycles. The van der Waals surface area contributed by atoms with Crippen LogP contribution in [0.5, 0.6) is 0 Å². The number of hydrogen-bond acceptors (Lipinski definition) is 2. The topological polar surface area (TPSA) is 21.3 Å². The maximum atomic E-state index is 5.21. The molecule has 2 nitrogen and oxygen atoms in total. The van der Waals surface area contributed by atoms with Gasteiger partial charge in [0.05, 0.1) is 6.26 Å². The van der Waals surface area contributed by atoms with Crippen LogP contribution in [0.25, 0.3) is 0 Å². The van der Waals surface area contributed by atoms with Gasteiger partial charge in [-0.3, -0.25) is 5.32 Å². The molecule has 0 aromatic carbocycles. The van der Waals surface area contributed by atoms with Gasteiger partial charge < -0.3 is 4.74 Å². The van der Waals surface area contributed by atoms with E-state index in [4.69, 9.17) is 4.74 Å². The van der Waals surface area contributed by atoms with Crippen LogP contribution in [0.1, 0.15) is 13.8 Å². The highest BCUT2D eigenvalue weighted by Gasteiger charge is 2.05. The molecule has 1 unspecified atom stereocenters. The van der Waals surface area contributed by atoms with Gasteiger partial charge in [-0.2, -0.15) is 0 Å². The monoisotopic (exact) mass is 139 g/mol. The van der Waals surface area contributed by atoms with Gasteiger partial charge in [0, 0.05) is 6.04 Å². The van der Waals surface area contributed by atoms with Gasteiger partial charge in [0.1, 0.15) is 0 Å². The Morgan fingerprint density at radius 1 is 1.40 bits per heavy atom. The molecule has 1 aliphatic heterocycles. The van der Waals surface area contributed by atoms with E-state index in [1.807, 2.05) is 18.2 Å². The number of nitrogens with one attached hydrogen (secondary N) is 1. The van der Waals surface area contributed by atoms with Crippen molar-refractivity contribution in [1.82, 2.24) is 5.32 Å². The van der Waals surface area contributed by atoms with Crippen molar-refractivity contribution in [2.45, 2.75) is 26.1 Å². The third-order valence-electron chi connectivity index (χ3n) is 1.20. The second kappa shape index (κ2) is 3.42. The van der Waals surface area contributed by atoms with Gasteiger partial charge >= 0.3 is 0 Å². The average Bonchev–Trinajstić information content (AvgIpc) is 1.88. The Labute approximate surface area is 61.6 Å². The first-order chi connectivity index (χ1) is 4.79. The van der Waals surface area contributed by atoms with Crippen molar-refractivity contribution in [2.75, 3.05) is 0 Å². The molecule has 2 heteroatoms. The molecule has 0 bridgehead atoms. The van der Waals surface area contributed by atoms with Crippen LogP contribution in [0.3, 0.4) is 0 Å². The first-order valence-electron chi connectivity index (χ1n) is 3.54. The summed E-state index contributed by atoms with van der Waals surface area (Å²) in [5.41, 5.74) is 0. The number of hydrogen-bond donors (Lipinski definition) is 1. The van der Waals surface area contributed by atoms with Crippen molar-refractivity contribution in [3.63, 3.8) is 0 Å². The van der Waals surface area contributed by atoms with Crippen LogP contribution in [0.2, 0.25) is 0 Å². The zero-order chi connectivity index (χ0) is 7.40. The molecule has 0 amide bonds. The Balaban J connectivity index is 2.30. The Hall–Kier alpha value is -0.760. The van der Waals surface area contributed by atoms with Crippen LogP contribution in [-0.2, 0) is 4.74 Å². The van der Waals surface area contributed by atoms with E-state index in [0.29, 0.717) is 6.04 Å². The van der Waals surface area contributed by atoms with Gasteiger partial charge in [0.25, 0.3) is 0 Å². The molecule has 0 saturated heterocycles. The van der Waals surface area contributed by atoms with Gasteiger partial charge in [-0.25, -0.2) is 0 Å². The lowest BCUT2D eigenvalue weighted by atomic mass is 10.3. The molecule has 0 spiro atoms. The molecule has 0 fully saturated rings. The number of rotatable bonds is 2. The van der Waals surface area contributed by atoms with Crippen LogP contribution in [-0.4, -0.2) is 12.3 Å². The molecule has 0 radical (unpaired) electrons. The van der Waals surface area contributed by atoms with Crippen molar-refractivity contribution in [3.05, 3.63) is 24.5 Å². The van der Waals surface area contributed by atoms with Gasteiger partial charge in [0.15, 0.2) is 6.23 Å². The summed E-state index contributed by atoms with van der Waals surface area (Å²) in [5, 5.41) is 3.22. The predicted molar refractivity (Wildman–Crippen MR) is 41.4 cm³/mol. The van der Waals surface area contributed by atoms with E-state index in [-0.39, 0.29) is 6.23 Å². The van der Waals surface area contributed by atoms with E-state index in [2.05, 4.69) is 19.2 Å². The van der Waals surface area contributed by atoms with Crippen LogP contribution in [0, 0.1) is 0 Å². The molecular weight excluding hydrogens is 126 g/mol. The highest BCUT2D eigenvalue weighted by Crippen LogP contribution is 1.99. The lowest BCUT2D eigenvalue weighted by molar-refractivity contribution is 0.141. The minimum Gasteiger partial charge on any atom is -0.479 e. The lowest BCUT2D eigenvalue weighted by Crippen LogP contribution is -2.34. The SMILES string of the molecule is CC(C)NC1C=CC=CO1. The van der Waals surface area contributed by atoms with Gasteiger partial charge in [-0.1, -0.05) is 6.08 Å². The summed E-state index contributed by atoms with van der Waals surface area (Å²) in [4.78, 5) is 0. The minimum atomic E-state index is 0.0602. The van der Waals surface area contributed by atoms with Crippen molar-refractivity contribution < 1.29 is 4.74 Å². The quantitative estimate of drug-likeness (QED) is 0.624. The van der Waals surface area contributed by atoms with E-state index in [1.54, 1.807) is 6.26 Å². The third kappa shape index (κ3) is 2.23. The summed E-state index contributed by atoms with van der Waals surface area (Å²) >= 11 is 0. The summed E-state index contributed by atoms with van der Waals surface area (Å²) in [6.45, 7) is 4.19. The van der Waals surface area contributed by atoms with Gasteiger partial charge in [0.2, 0.25) is 0 Å². The van der Waals surface area contributed by atoms with Crippen LogP contribution in [0.4, 0.5) is 0 Å². The predicted octanol–water partition coefficient (Wildman–Crippen LogP) is 1.41. The normalized spacial score (nSPS) is 23.3. The fraction of sp³-hybridized carbons (Fsp3) is 0.500. The Bertz CT molecular complexity index is 149. The molecule has 0 aliphatic carbocycles. The minimum absolute atomic E-state index is 0.0602. The maximum absolute atomic E-state index is 5.21. The van der Waals surface area contributed by atoms with Gasteiger partial charge in [-0.15, -0.1) is 0 Å². The molecule has 1 N–H and O–H groups in total. The molecule has 56 valence electrons. The fourth-order valence-electron chi connectivity index (χ4n) is 0.809. The van der Waals surface area contributed by atoms with E-state index < -0.39 is 0 Å². The van der Waals surface area contributed by atoms with Crippen LogP contribution >= 0.6 is 0 Å². The van der Waals surface area contributed by atoms with Gasteiger partial charge in [-0.05, 0) is 26.0 Å². The lowest BCUT2D eigenvalue weighted by Gasteiger charge is -2.18.